The molecule has 0 aliphatic rings. The van der Waals surface area contributed by atoms with Crippen molar-refractivity contribution in [2.24, 2.45) is 7.05 Å². The Labute approximate surface area is 181 Å². The standard InChI is InChI=1S/C18H19F2N5O6S/c1-24-16-13(17(28)25(8-21-16)6-10(27)7-26)15(14(20)18(24)29)23-12-3-2-9(4-11(12)19)5-22-32(30)31/h2-4,8,10,22-23,26-27H,5-7H2,1H3,(H,30,31)/p-1. The Hall–Kier alpha value is -3.04. The van der Waals surface area contributed by atoms with E-state index in [0.29, 0.717) is 0 Å². The van der Waals surface area contributed by atoms with Crippen molar-refractivity contribution in [2.45, 2.75) is 19.2 Å². The van der Waals surface area contributed by atoms with Crippen molar-refractivity contribution in [1.29, 1.82) is 0 Å². The first-order valence-corrected chi connectivity index (χ1v) is 10.2. The van der Waals surface area contributed by atoms with Crippen LogP contribution in [0.15, 0.2) is 34.1 Å². The van der Waals surface area contributed by atoms with Gasteiger partial charge in [0.05, 0.1) is 30.6 Å². The van der Waals surface area contributed by atoms with Crippen LogP contribution in [0, 0.1) is 11.6 Å². The fourth-order valence-corrected chi connectivity index (χ4v) is 3.28. The molecule has 0 aliphatic carbocycles. The van der Waals surface area contributed by atoms with Gasteiger partial charge < -0.3 is 20.1 Å². The lowest BCUT2D eigenvalue weighted by molar-refractivity contribution is 0.0802. The number of rotatable bonds is 8. The van der Waals surface area contributed by atoms with Crippen LogP contribution in [0.4, 0.5) is 20.2 Å². The van der Waals surface area contributed by atoms with E-state index in [2.05, 4.69) is 15.0 Å². The summed E-state index contributed by atoms with van der Waals surface area (Å²) in [5.74, 6) is -2.25. The summed E-state index contributed by atoms with van der Waals surface area (Å²) in [6.45, 7) is -1.17. The summed E-state index contributed by atoms with van der Waals surface area (Å²) in [7, 11) is 1.21. The van der Waals surface area contributed by atoms with Crippen molar-refractivity contribution in [2.75, 3.05) is 11.9 Å². The van der Waals surface area contributed by atoms with Gasteiger partial charge in [0.2, 0.25) is 5.82 Å². The summed E-state index contributed by atoms with van der Waals surface area (Å²) in [6.07, 6.45) is -0.254. The van der Waals surface area contributed by atoms with Crippen molar-refractivity contribution in [1.82, 2.24) is 18.8 Å². The van der Waals surface area contributed by atoms with Crippen molar-refractivity contribution < 1.29 is 27.8 Å². The zero-order valence-corrected chi connectivity index (χ0v) is 17.4. The first-order valence-electron chi connectivity index (χ1n) is 9.08. The average molecular weight is 470 g/mol. The second-order valence-electron chi connectivity index (χ2n) is 6.79. The Morgan fingerprint density at radius 2 is 2.00 bits per heavy atom. The smallest absolute Gasteiger partial charge is 0.290 e. The largest absolute Gasteiger partial charge is 0.760 e. The maximum atomic E-state index is 14.9. The van der Waals surface area contributed by atoms with Gasteiger partial charge in [-0.3, -0.25) is 22.9 Å². The van der Waals surface area contributed by atoms with E-state index in [1.54, 1.807) is 0 Å². The molecule has 0 bridgehead atoms. The third kappa shape index (κ3) is 4.73. The summed E-state index contributed by atoms with van der Waals surface area (Å²) >= 11 is -2.55. The number of benzene rings is 1. The number of pyridine rings is 1. The lowest BCUT2D eigenvalue weighted by atomic mass is 10.1. The van der Waals surface area contributed by atoms with Gasteiger partial charge in [0.15, 0.2) is 5.65 Å². The van der Waals surface area contributed by atoms with Crippen molar-refractivity contribution in [3.05, 3.63) is 62.4 Å². The topological polar surface area (TPSA) is 162 Å². The number of anilines is 2. The van der Waals surface area contributed by atoms with E-state index in [-0.39, 0.29) is 35.4 Å². The number of hydrogen-bond donors (Lipinski definition) is 4. The SMILES string of the molecule is Cn1c(=O)c(F)c(Nc2ccc(CNS(=O)[O-])cc2F)c2c(=O)n(CC(O)CO)cnc21. The Kier molecular flexibility index (Phi) is 7.10. The van der Waals surface area contributed by atoms with E-state index < -0.39 is 52.4 Å². The molecule has 0 saturated heterocycles. The molecule has 2 heterocycles. The highest BCUT2D eigenvalue weighted by molar-refractivity contribution is 7.77. The lowest BCUT2D eigenvalue weighted by Gasteiger charge is -2.16. The van der Waals surface area contributed by atoms with Gasteiger partial charge in [-0.05, 0) is 17.7 Å². The quantitative estimate of drug-likeness (QED) is 0.316. The molecule has 4 N–H and O–H groups in total. The number of hydrogen-bond acceptors (Lipinski definition) is 8. The summed E-state index contributed by atoms with van der Waals surface area (Å²) in [4.78, 5) is 29.2. The monoisotopic (exact) mass is 470 g/mol. The number of fused-ring (bicyclic) bond motifs is 1. The molecular weight excluding hydrogens is 452 g/mol. The Morgan fingerprint density at radius 3 is 2.62 bits per heavy atom. The predicted octanol–water partition coefficient (Wildman–Crippen LogP) is -0.646. The number of nitrogens with one attached hydrogen (secondary N) is 2. The maximum Gasteiger partial charge on any atom is 0.290 e. The van der Waals surface area contributed by atoms with Crippen LogP contribution in [-0.2, 0) is 31.4 Å². The van der Waals surface area contributed by atoms with E-state index in [1.165, 1.54) is 19.2 Å². The fourth-order valence-electron chi connectivity index (χ4n) is 2.99. The summed E-state index contributed by atoms with van der Waals surface area (Å²) in [5, 5.41) is 20.7. The summed E-state index contributed by atoms with van der Waals surface area (Å²) < 4.78 is 54.4. The first kappa shape index (κ1) is 23.6. The second-order valence-corrected chi connectivity index (χ2v) is 7.54. The van der Waals surface area contributed by atoms with Gasteiger partial charge in [-0.15, -0.1) is 0 Å². The number of nitrogens with zero attached hydrogens (tertiary/aromatic N) is 3. The van der Waals surface area contributed by atoms with Crippen LogP contribution in [0.1, 0.15) is 5.56 Å². The van der Waals surface area contributed by atoms with Crippen LogP contribution in [0.5, 0.6) is 0 Å². The van der Waals surface area contributed by atoms with E-state index in [9.17, 15) is 32.2 Å². The average Bonchev–Trinajstić information content (AvgIpc) is 2.76. The molecule has 32 heavy (non-hydrogen) atoms. The number of aromatic nitrogens is 3. The Bertz CT molecular complexity index is 1310. The molecule has 2 atom stereocenters. The zero-order chi connectivity index (χ0) is 23.6. The van der Waals surface area contributed by atoms with Crippen molar-refractivity contribution in [3.8, 4) is 0 Å². The summed E-state index contributed by atoms with van der Waals surface area (Å²) in [5.41, 5.74) is -2.75. The highest BCUT2D eigenvalue weighted by Gasteiger charge is 2.21. The van der Waals surface area contributed by atoms with Gasteiger partial charge in [0, 0.05) is 24.9 Å². The van der Waals surface area contributed by atoms with Crippen molar-refractivity contribution >= 4 is 33.7 Å². The molecular formula is C18H18F2N5O6S-. The molecule has 1 aromatic carbocycles. The van der Waals surface area contributed by atoms with Gasteiger partial charge in [-0.25, -0.2) is 14.1 Å². The van der Waals surface area contributed by atoms with Crippen LogP contribution in [-0.4, -0.2) is 45.8 Å². The molecule has 2 aromatic heterocycles. The van der Waals surface area contributed by atoms with E-state index in [4.69, 9.17) is 5.11 Å². The van der Waals surface area contributed by atoms with E-state index >= 15 is 0 Å². The normalized spacial score (nSPS) is 13.3. The lowest BCUT2D eigenvalue weighted by Crippen LogP contribution is -2.32. The minimum Gasteiger partial charge on any atom is -0.760 e. The van der Waals surface area contributed by atoms with E-state index in [0.717, 1.165) is 21.5 Å². The minimum absolute atomic E-state index is 0.182. The highest BCUT2D eigenvalue weighted by Crippen LogP contribution is 2.26. The molecule has 0 radical (unpaired) electrons. The predicted molar refractivity (Wildman–Crippen MR) is 110 cm³/mol. The maximum absolute atomic E-state index is 14.9. The van der Waals surface area contributed by atoms with Crippen molar-refractivity contribution in [3.63, 3.8) is 0 Å². The van der Waals surface area contributed by atoms with Gasteiger partial charge in [0.25, 0.3) is 11.1 Å². The second kappa shape index (κ2) is 9.62. The van der Waals surface area contributed by atoms with E-state index in [1.807, 2.05) is 0 Å². The highest BCUT2D eigenvalue weighted by atomic mass is 32.2. The minimum atomic E-state index is -2.55. The van der Waals surface area contributed by atoms with Gasteiger partial charge in [-0.2, -0.15) is 4.39 Å². The Morgan fingerprint density at radius 1 is 1.28 bits per heavy atom. The van der Waals surface area contributed by atoms with Crippen LogP contribution in [0.2, 0.25) is 0 Å². The number of aliphatic hydroxyl groups excluding tert-OH is 2. The molecule has 0 amide bonds. The molecule has 172 valence electrons. The van der Waals surface area contributed by atoms with Gasteiger partial charge in [-0.1, -0.05) is 6.07 Å². The van der Waals surface area contributed by atoms with Crippen LogP contribution in [0.25, 0.3) is 11.0 Å². The molecule has 0 saturated carbocycles. The molecule has 0 fully saturated rings. The third-order valence-corrected chi connectivity index (χ3v) is 4.98. The first-order chi connectivity index (χ1) is 15.1. The van der Waals surface area contributed by atoms with Crippen LogP contribution in [0.3, 0.4) is 0 Å². The number of aryl methyl sites for hydroxylation is 1. The van der Waals surface area contributed by atoms with Crippen LogP contribution < -0.4 is 21.2 Å². The zero-order valence-electron chi connectivity index (χ0n) is 16.5. The molecule has 2 unspecified atom stereocenters. The molecule has 0 aliphatic heterocycles. The molecule has 3 aromatic rings. The number of halogens is 2. The molecule has 14 heteroatoms. The molecule has 3 rings (SSSR count). The van der Waals surface area contributed by atoms with Gasteiger partial charge in [0.1, 0.15) is 17.5 Å². The Balaban J connectivity index is 2.13. The molecule has 11 nitrogen and oxygen atoms in total. The summed E-state index contributed by atoms with van der Waals surface area (Å²) in [6, 6.07) is 3.55. The van der Waals surface area contributed by atoms with Gasteiger partial charge >= 0.3 is 0 Å². The number of aliphatic hydroxyl groups is 2. The molecule has 0 spiro atoms. The van der Waals surface area contributed by atoms with Crippen LogP contribution >= 0.6 is 0 Å². The third-order valence-electron chi connectivity index (χ3n) is 4.60. The fraction of sp³-hybridized carbons (Fsp3) is 0.278.